The quantitative estimate of drug-likeness (QED) is 0.189. The van der Waals surface area contributed by atoms with Crippen LogP contribution in [0.2, 0.25) is 0 Å². The molecule has 2 saturated carbocycles. The van der Waals surface area contributed by atoms with Gasteiger partial charge in [0.05, 0.1) is 18.1 Å². The molecular formula is C27H47N3O6. The first kappa shape index (κ1) is 30.1. The number of hydrogen-bond acceptors (Lipinski definition) is 7. The topological polar surface area (TPSA) is 142 Å². The number of carboxylic acid groups (broad SMARTS) is 1. The minimum Gasteiger partial charge on any atom is -0.547 e. The van der Waals surface area contributed by atoms with Gasteiger partial charge >= 0.3 is 12.1 Å². The number of carbonyl (C=O) groups is 3. The molecule has 0 radical (unpaired) electrons. The third-order valence-electron chi connectivity index (χ3n) is 7.15. The zero-order valence-corrected chi connectivity index (χ0v) is 22.5. The zero-order chi connectivity index (χ0) is 26.8. The SMILES string of the molecule is C1CCC([NH2+]C2CCCCC2)CC1.C=CCC(N)CCC[C@@](C(=O)[O-])(C(=O)OC(C)(C)C)N1OC1=O. The molecule has 4 N–H and O–H groups in total. The number of nitrogens with two attached hydrogens (primary N) is 2. The molecule has 1 aliphatic heterocycles. The maximum absolute atomic E-state index is 12.4. The van der Waals surface area contributed by atoms with Gasteiger partial charge < -0.3 is 30.5 Å². The standard InChI is InChI=1S/C15H24N2O6.C12H23N/c1-5-7-10(16)8-6-9-15(11(18)19,17-13(21)23-17)12(20)22-14(2,3)4;1-3-7-11(8-4-1)13-12-9-5-2-6-10-12/h5,10H,1,6-9,16H2,2-4H3,(H,18,19);11-13H,1-10H2/t10?,15-,17?;/m1./s1. The molecule has 3 aliphatic rings. The van der Waals surface area contributed by atoms with Gasteiger partial charge in [-0.2, -0.15) is 0 Å². The van der Waals surface area contributed by atoms with Crippen molar-refractivity contribution in [3.05, 3.63) is 12.7 Å². The predicted molar refractivity (Wildman–Crippen MR) is 134 cm³/mol. The number of aliphatic carboxylic acids is 1. The summed E-state index contributed by atoms with van der Waals surface area (Å²) >= 11 is 0. The van der Waals surface area contributed by atoms with E-state index in [1.165, 1.54) is 64.2 Å². The van der Waals surface area contributed by atoms with Gasteiger partial charge in [-0.05, 0) is 97.8 Å². The minimum absolute atomic E-state index is 0.208. The van der Waals surface area contributed by atoms with E-state index >= 15 is 0 Å². The number of amides is 1. The van der Waals surface area contributed by atoms with Crippen LogP contribution in [-0.2, 0) is 19.2 Å². The van der Waals surface area contributed by atoms with Crippen molar-refractivity contribution in [3.8, 4) is 0 Å². The van der Waals surface area contributed by atoms with Gasteiger partial charge in [-0.15, -0.1) is 11.6 Å². The van der Waals surface area contributed by atoms with Gasteiger partial charge in [0.25, 0.3) is 0 Å². The van der Waals surface area contributed by atoms with E-state index in [1.807, 2.05) is 0 Å². The smallest absolute Gasteiger partial charge is 0.469 e. The van der Waals surface area contributed by atoms with E-state index in [0.29, 0.717) is 17.9 Å². The van der Waals surface area contributed by atoms with Crippen molar-refractivity contribution in [2.45, 2.75) is 140 Å². The first-order valence-corrected chi connectivity index (χ1v) is 13.7. The number of carbonyl (C=O) groups excluding carboxylic acids is 3. The average molecular weight is 510 g/mol. The summed E-state index contributed by atoms with van der Waals surface area (Å²) in [5, 5.41) is 14.9. The summed E-state index contributed by atoms with van der Waals surface area (Å²) in [4.78, 5) is 39.8. The second-order valence-corrected chi connectivity index (χ2v) is 11.5. The zero-order valence-electron chi connectivity index (χ0n) is 22.5. The normalized spacial score (nSPS) is 21.3. The van der Waals surface area contributed by atoms with E-state index in [2.05, 4.69) is 16.7 Å². The van der Waals surface area contributed by atoms with Crippen LogP contribution in [0.25, 0.3) is 0 Å². The van der Waals surface area contributed by atoms with Gasteiger partial charge in [0.2, 0.25) is 5.54 Å². The molecule has 1 amide bonds. The first-order valence-electron chi connectivity index (χ1n) is 13.7. The summed E-state index contributed by atoms with van der Waals surface area (Å²) in [7, 11) is 0. The van der Waals surface area contributed by atoms with Gasteiger partial charge in [-0.25, -0.2) is 9.59 Å². The molecule has 9 heteroatoms. The molecule has 206 valence electrons. The summed E-state index contributed by atoms with van der Waals surface area (Å²) in [6.07, 6.45) is 16.8. The number of rotatable bonds is 11. The monoisotopic (exact) mass is 509 g/mol. The second kappa shape index (κ2) is 14.0. The maximum Gasteiger partial charge on any atom is 0.469 e. The molecule has 1 heterocycles. The lowest BCUT2D eigenvalue weighted by molar-refractivity contribution is -0.725. The van der Waals surface area contributed by atoms with Gasteiger partial charge in [-0.1, -0.05) is 18.9 Å². The van der Waals surface area contributed by atoms with Crippen molar-refractivity contribution in [1.82, 2.24) is 5.06 Å². The fraction of sp³-hybridized carbons (Fsp3) is 0.815. The Labute approximate surface area is 216 Å². The Morgan fingerprint density at radius 1 is 1.14 bits per heavy atom. The van der Waals surface area contributed by atoms with Crippen LogP contribution in [0, 0.1) is 0 Å². The third-order valence-corrected chi connectivity index (χ3v) is 7.15. The van der Waals surface area contributed by atoms with Crippen LogP contribution in [0.1, 0.15) is 111 Å². The highest BCUT2D eigenvalue weighted by Crippen LogP contribution is 2.34. The van der Waals surface area contributed by atoms with Crippen molar-refractivity contribution in [2.75, 3.05) is 0 Å². The number of hydroxylamine groups is 2. The highest BCUT2D eigenvalue weighted by atomic mass is 16.9. The van der Waals surface area contributed by atoms with Gasteiger partial charge in [0, 0.05) is 6.04 Å². The van der Waals surface area contributed by atoms with Gasteiger partial charge in [-0.3, -0.25) is 0 Å². The summed E-state index contributed by atoms with van der Waals surface area (Å²) in [5.74, 6) is -2.83. The van der Waals surface area contributed by atoms with E-state index in [1.54, 1.807) is 26.8 Å². The Morgan fingerprint density at radius 2 is 1.64 bits per heavy atom. The fourth-order valence-corrected chi connectivity index (χ4v) is 5.20. The fourth-order valence-electron chi connectivity index (χ4n) is 5.20. The van der Waals surface area contributed by atoms with Crippen LogP contribution in [0.4, 0.5) is 4.79 Å². The van der Waals surface area contributed by atoms with Crippen molar-refractivity contribution in [1.29, 1.82) is 0 Å². The largest absolute Gasteiger partial charge is 0.547 e. The summed E-state index contributed by atoms with van der Waals surface area (Å²) < 4.78 is 5.14. The van der Waals surface area contributed by atoms with Crippen LogP contribution in [0.3, 0.4) is 0 Å². The third kappa shape index (κ3) is 9.39. The van der Waals surface area contributed by atoms with E-state index in [4.69, 9.17) is 10.5 Å². The first-order chi connectivity index (χ1) is 17.0. The average Bonchev–Trinajstić information content (AvgIpc) is 3.54. The molecule has 0 aromatic carbocycles. The molecule has 0 aromatic heterocycles. The van der Waals surface area contributed by atoms with E-state index in [-0.39, 0.29) is 18.9 Å². The minimum atomic E-state index is -2.29. The molecule has 0 spiro atoms. The number of carboxylic acids is 1. The lowest BCUT2D eigenvalue weighted by atomic mass is 9.90. The predicted octanol–water partition coefficient (Wildman–Crippen LogP) is 2.47. The van der Waals surface area contributed by atoms with Gasteiger partial charge in [0.1, 0.15) is 5.60 Å². The van der Waals surface area contributed by atoms with Crippen molar-refractivity contribution in [2.24, 2.45) is 5.73 Å². The molecule has 9 nitrogen and oxygen atoms in total. The number of quaternary nitrogens is 1. The van der Waals surface area contributed by atoms with Crippen molar-refractivity contribution < 1.29 is 34.4 Å². The van der Waals surface area contributed by atoms with Crippen LogP contribution in [-0.4, -0.2) is 52.4 Å². The molecule has 0 bridgehead atoms. The Hall–Kier alpha value is -2.13. The molecule has 0 aromatic rings. The molecule has 2 aliphatic carbocycles. The molecule has 3 rings (SSSR count). The van der Waals surface area contributed by atoms with Crippen LogP contribution in [0.5, 0.6) is 0 Å². The molecule has 1 saturated heterocycles. The van der Waals surface area contributed by atoms with Crippen LogP contribution < -0.4 is 16.2 Å². The number of ether oxygens (including phenoxy) is 1. The Bertz CT molecular complexity index is 724. The molecule has 1 unspecified atom stereocenters. The van der Waals surface area contributed by atoms with Crippen LogP contribution >= 0.6 is 0 Å². The van der Waals surface area contributed by atoms with E-state index < -0.39 is 29.2 Å². The highest BCUT2D eigenvalue weighted by molar-refractivity contribution is 6.07. The highest BCUT2D eigenvalue weighted by Gasteiger charge is 2.60. The summed E-state index contributed by atoms with van der Waals surface area (Å²) in [6, 6.07) is 1.78. The van der Waals surface area contributed by atoms with Crippen molar-refractivity contribution >= 4 is 18.0 Å². The van der Waals surface area contributed by atoms with Gasteiger partial charge in [0.15, 0.2) is 0 Å². The summed E-state index contributed by atoms with van der Waals surface area (Å²) in [6.45, 7) is 8.35. The number of hydrogen-bond donors (Lipinski definition) is 2. The van der Waals surface area contributed by atoms with Crippen molar-refractivity contribution in [3.63, 3.8) is 0 Å². The summed E-state index contributed by atoms with van der Waals surface area (Å²) in [5.41, 5.74) is 2.61. The van der Waals surface area contributed by atoms with E-state index in [0.717, 1.165) is 12.1 Å². The maximum atomic E-state index is 12.4. The van der Waals surface area contributed by atoms with Crippen LogP contribution in [0.15, 0.2) is 12.7 Å². The Kier molecular flexibility index (Phi) is 11.7. The lowest BCUT2D eigenvalue weighted by Gasteiger charge is -2.33. The Morgan fingerprint density at radius 3 is 2.03 bits per heavy atom. The molecule has 36 heavy (non-hydrogen) atoms. The number of esters is 1. The molecule has 2 atom stereocenters. The lowest BCUT2D eigenvalue weighted by Crippen LogP contribution is -2.95. The van der Waals surface area contributed by atoms with E-state index in [9.17, 15) is 19.5 Å². The molecule has 3 fully saturated rings. The Balaban J connectivity index is 0.000000293. The molecular weight excluding hydrogens is 462 g/mol. The second-order valence-electron chi connectivity index (χ2n) is 11.5. The number of nitrogens with zero attached hydrogens (tertiary/aromatic N) is 1.